The molecule has 4 rings (SSSR count). The lowest BCUT2D eigenvalue weighted by Gasteiger charge is -2.07. The first-order chi connectivity index (χ1) is 15.8. The van der Waals surface area contributed by atoms with E-state index in [1.807, 2.05) is 0 Å². The minimum Gasteiger partial charge on any atom is -0.471 e. The van der Waals surface area contributed by atoms with Gasteiger partial charge in [0.05, 0.1) is 12.1 Å². The number of ether oxygens (including phenoxy) is 1. The normalized spacial score (nSPS) is 10.9. The van der Waals surface area contributed by atoms with E-state index in [9.17, 15) is 22.4 Å². The number of hydrogen-bond donors (Lipinski definition) is 1. The van der Waals surface area contributed by atoms with E-state index >= 15 is 0 Å². The molecule has 33 heavy (non-hydrogen) atoms. The lowest BCUT2D eigenvalue weighted by Crippen LogP contribution is -2.15. The molecule has 7 nitrogen and oxygen atoms in total. The summed E-state index contributed by atoms with van der Waals surface area (Å²) in [5.74, 6) is -6.08. The second-order valence-corrected chi connectivity index (χ2v) is 7.21. The number of aromatic nitrogens is 4. The van der Waals surface area contributed by atoms with Crippen molar-refractivity contribution in [3.63, 3.8) is 0 Å². The number of halogens is 5. The van der Waals surface area contributed by atoms with Gasteiger partial charge in [-0.3, -0.25) is 9.48 Å². The van der Waals surface area contributed by atoms with Crippen molar-refractivity contribution in [2.75, 3.05) is 5.32 Å². The van der Waals surface area contributed by atoms with E-state index in [4.69, 9.17) is 16.3 Å². The van der Waals surface area contributed by atoms with Gasteiger partial charge in [-0.1, -0.05) is 17.7 Å². The fourth-order valence-corrected chi connectivity index (χ4v) is 3.05. The molecule has 0 radical (unpaired) electrons. The standard InChI is InChI=1S/C21H14ClF4N5O2/c22-12-2-1-3-13(8-12)33-11-31-6-4-17(28-31)21(32)27-18-5-7-30(29-18)10-14-19(25)15(23)9-16(24)20(14)26/h1-9H,10-11H2,(H,27,29,32). The molecule has 0 aliphatic carbocycles. The number of carbonyl (C=O) groups excluding carboxylic acids is 1. The van der Waals surface area contributed by atoms with Crippen molar-refractivity contribution in [3.05, 3.63) is 94.4 Å². The van der Waals surface area contributed by atoms with Crippen LogP contribution in [0, 0.1) is 23.3 Å². The summed E-state index contributed by atoms with van der Waals surface area (Å²) in [5.41, 5.74) is -0.768. The maximum atomic E-state index is 13.8. The molecule has 0 fully saturated rings. The zero-order chi connectivity index (χ0) is 23.5. The summed E-state index contributed by atoms with van der Waals surface area (Å²) in [6.45, 7) is -0.554. The molecule has 1 N–H and O–H groups in total. The fraction of sp³-hybridized carbons (Fsp3) is 0.0952. The number of benzene rings is 2. The highest BCUT2D eigenvalue weighted by Gasteiger charge is 2.20. The molecule has 2 aromatic carbocycles. The highest BCUT2D eigenvalue weighted by Crippen LogP contribution is 2.21. The predicted octanol–water partition coefficient (Wildman–Crippen LogP) is 4.63. The topological polar surface area (TPSA) is 74.0 Å². The monoisotopic (exact) mass is 479 g/mol. The van der Waals surface area contributed by atoms with Crippen LogP contribution in [0.4, 0.5) is 23.4 Å². The maximum absolute atomic E-state index is 13.8. The number of nitrogens with zero attached hydrogens (tertiary/aromatic N) is 4. The molecule has 2 aromatic heterocycles. The summed E-state index contributed by atoms with van der Waals surface area (Å²) in [5, 5.41) is 11.0. The van der Waals surface area contributed by atoms with E-state index in [0.29, 0.717) is 10.8 Å². The van der Waals surface area contributed by atoms with E-state index in [2.05, 4.69) is 15.5 Å². The lowest BCUT2D eigenvalue weighted by molar-refractivity contribution is 0.101. The zero-order valence-electron chi connectivity index (χ0n) is 16.6. The third-order valence-electron chi connectivity index (χ3n) is 4.44. The molecule has 0 aliphatic rings. The number of anilines is 1. The average Bonchev–Trinajstić information content (AvgIpc) is 3.43. The van der Waals surface area contributed by atoms with Crippen LogP contribution in [0.5, 0.6) is 5.75 Å². The van der Waals surface area contributed by atoms with Gasteiger partial charge in [-0.2, -0.15) is 10.2 Å². The molecule has 12 heteroatoms. The number of nitrogens with one attached hydrogen (secondary N) is 1. The van der Waals surface area contributed by atoms with Crippen molar-refractivity contribution in [3.8, 4) is 5.75 Å². The molecule has 0 atom stereocenters. The van der Waals surface area contributed by atoms with Crippen molar-refractivity contribution < 1.29 is 27.1 Å². The van der Waals surface area contributed by atoms with Crippen molar-refractivity contribution in [2.45, 2.75) is 13.3 Å². The van der Waals surface area contributed by atoms with Crippen LogP contribution in [0.25, 0.3) is 0 Å². The SMILES string of the molecule is O=C(Nc1ccn(Cc2c(F)c(F)cc(F)c2F)n1)c1ccn(COc2cccc(Cl)c2)n1. The second-order valence-electron chi connectivity index (χ2n) is 6.77. The van der Waals surface area contributed by atoms with Gasteiger partial charge in [0.25, 0.3) is 5.91 Å². The van der Waals surface area contributed by atoms with Gasteiger partial charge in [0.1, 0.15) is 5.75 Å². The van der Waals surface area contributed by atoms with Gasteiger partial charge in [-0.15, -0.1) is 0 Å². The second kappa shape index (κ2) is 9.33. The summed E-state index contributed by atoms with van der Waals surface area (Å²) in [6, 6.07) is 9.71. The number of rotatable bonds is 7. The maximum Gasteiger partial charge on any atom is 0.277 e. The van der Waals surface area contributed by atoms with Crippen molar-refractivity contribution in [1.82, 2.24) is 19.6 Å². The van der Waals surface area contributed by atoms with Crippen LogP contribution >= 0.6 is 11.6 Å². The highest BCUT2D eigenvalue weighted by molar-refractivity contribution is 6.30. The first-order valence-electron chi connectivity index (χ1n) is 9.38. The van der Waals surface area contributed by atoms with E-state index in [1.165, 1.54) is 29.2 Å². The van der Waals surface area contributed by atoms with Gasteiger partial charge in [-0.05, 0) is 24.3 Å². The molecule has 0 unspecified atom stereocenters. The number of amides is 1. The van der Waals surface area contributed by atoms with Gasteiger partial charge in [0, 0.05) is 29.5 Å². The Morgan fingerprint density at radius 2 is 1.70 bits per heavy atom. The van der Waals surface area contributed by atoms with E-state index in [-0.39, 0.29) is 24.3 Å². The molecular formula is C21H14ClF4N5O2. The van der Waals surface area contributed by atoms with Crippen molar-refractivity contribution in [2.24, 2.45) is 0 Å². The Hall–Kier alpha value is -3.86. The van der Waals surface area contributed by atoms with Crippen LogP contribution < -0.4 is 10.1 Å². The summed E-state index contributed by atoms with van der Waals surface area (Å²) >= 11 is 5.89. The quantitative estimate of drug-likeness (QED) is 0.310. The Morgan fingerprint density at radius 1 is 0.970 bits per heavy atom. The fourth-order valence-electron chi connectivity index (χ4n) is 2.87. The molecule has 0 bridgehead atoms. The Morgan fingerprint density at radius 3 is 2.42 bits per heavy atom. The Bertz CT molecular complexity index is 1300. The van der Waals surface area contributed by atoms with Crippen molar-refractivity contribution >= 4 is 23.3 Å². The predicted molar refractivity (Wildman–Crippen MR) is 110 cm³/mol. The number of carbonyl (C=O) groups is 1. The van der Waals surface area contributed by atoms with Gasteiger partial charge in [-0.25, -0.2) is 22.2 Å². The van der Waals surface area contributed by atoms with Crippen molar-refractivity contribution in [1.29, 1.82) is 0 Å². The first-order valence-corrected chi connectivity index (χ1v) is 9.76. The van der Waals surface area contributed by atoms with Crippen LogP contribution in [0.3, 0.4) is 0 Å². The van der Waals surface area contributed by atoms with E-state index in [0.717, 1.165) is 4.68 Å². The smallest absolute Gasteiger partial charge is 0.277 e. The Balaban J connectivity index is 1.38. The minimum absolute atomic E-state index is 0.0313. The van der Waals surface area contributed by atoms with Gasteiger partial charge in [0.15, 0.2) is 41.5 Å². The first kappa shape index (κ1) is 22.3. The molecule has 0 aliphatic heterocycles. The van der Waals surface area contributed by atoms with Crippen LogP contribution in [-0.4, -0.2) is 25.5 Å². The summed E-state index contributed by atoms with van der Waals surface area (Å²) < 4.78 is 62.4. The highest BCUT2D eigenvalue weighted by atomic mass is 35.5. The van der Waals surface area contributed by atoms with Crippen LogP contribution in [0.15, 0.2) is 54.9 Å². The Labute approximate surface area is 189 Å². The summed E-state index contributed by atoms with van der Waals surface area (Å²) in [7, 11) is 0. The third kappa shape index (κ3) is 5.14. The zero-order valence-corrected chi connectivity index (χ0v) is 17.4. The third-order valence-corrected chi connectivity index (χ3v) is 4.67. The van der Waals surface area contributed by atoms with Gasteiger partial charge < -0.3 is 10.1 Å². The molecule has 170 valence electrons. The van der Waals surface area contributed by atoms with E-state index in [1.54, 1.807) is 24.3 Å². The number of hydrogen-bond acceptors (Lipinski definition) is 4. The van der Waals surface area contributed by atoms with Gasteiger partial charge >= 0.3 is 0 Å². The minimum atomic E-state index is -1.51. The van der Waals surface area contributed by atoms with E-state index < -0.39 is 41.3 Å². The largest absolute Gasteiger partial charge is 0.471 e. The molecule has 0 saturated heterocycles. The summed E-state index contributed by atoms with van der Waals surface area (Å²) in [6.07, 6.45) is 2.82. The molecular weight excluding hydrogens is 466 g/mol. The molecule has 1 amide bonds. The molecule has 2 heterocycles. The molecule has 4 aromatic rings. The van der Waals surface area contributed by atoms with Crippen LogP contribution in [0.1, 0.15) is 16.1 Å². The molecule has 0 spiro atoms. The molecule has 0 saturated carbocycles. The Kier molecular flexibility index (Phi) is 6.31. The summed E-state index contributed by atoms with van der Waals surface area (Å²) in [4.78, 5) is 12.4. The van der Waals surface area contributed by atoms with Gasteiger partial charge in [0.2, 0.25) is 0 Å². The van der Waals surface area contributed by atoms with Crippen LogP contribution in [-0.2, 0) is 13.3 Å². The van der Waals surface area contributed by atoms with Crippen LogP contribution in [0.2, 0.25) is 5.02 Å². The lowest BCUT2D eigenvalue weighted by atomic mass is 10.2. The average molecular weight is 480 g/mol.